The van der Waals surface area contributed by atoms with E-state index in [4.69, 9.17) is 14.2 Å². The summed E-state index contributed by atoms with van der Waals surface area (Å²) >= 11 is 0. The molecule has 0 amide bonds. The maximum atomic E-state index is 12.6. The first-order valence-corrected chi connectivity index (χ1v) is 15.4. The summed E-state index contributed by atoms with van der Waals surface area (Å²) in [5.41, 5.74) is 2.51. The SMILES string of the molecule is CCCCCCCOc1ccc(OC(=O)c2ccc(C#Cc3ccc(C(=O)O[C@H](C)CCCCCC)cc3)cc2)cc1. The van der Waals surface area contributed by atoms with Crippen molar-refractivity contribution < 1.29 is 23.8 Å². The Labute approximate surface area is 251 Å². The van der Waals surface area contributed by atoms with Crippen LogP contribution in [0.25, 0.3) is 0 Å². The molecule has 1 atom stereocenters. The number of ether oxygens (including phenoxy) is 3. The summed E-state index contributed by atoms with van der Waals surface area (Å²) in [5, 5.41) is 0. The second-order valence-electron chi connectivity index (χ2n) is 10.6. The molecular weight excluding hydrogens is 524 g/mol. The smallest absolute Gasteiger partial charge is 0.343 e. The van der Waals surface area contributed by atoms with Crippen LogP contribution in [0.4, 0.5) is 0 Å². The van der Waals surface area contributed by atoms with E-state index in [0.29, 0.717) is 23.5 Å². The van der Waals surface area contributed by atoms with E-state index in [-0.39, 0.29) is 12.1 Å². The molecule has 0 aliphatic rings. The molecular formula is C37H44O5. The largest absolute Gasteiger partial charge is 0.494 e. The Balaban J connectivity index is 1.45. The molecule has 0 fully saturated rings. The van der Waals surface area contributed by atoms with Crippen LogP contribution in [0, 0.1) is 11.8 Å². The average molecular weight is 569 g/mol. The Morgan fingerprint density at radius 1 is 0.619 bits per heavy atom. The normalized spacial score (nSPS) is 11.2. The lowest BCUT2D eigenvalue weighted by Gasteiger charge is -2.13. The molecule has 222 valence electrons. The van der Waals surface area contributed by atoms with Gasteiger partial charge in [0.2, 0.25) is 0 Å². The monoisotopic (exact) mass is 568 g/mol. The molecule has 3 aromatic rings. The van der Waals surface area contributed by atoms with Gasteiger partial charge in [0.05, 0.1) is 23.8 Å². The highest BCUT2D eigenvalue weighted by Gasteiger charge is 2.12. The van der Waals surface area contributed by atoms with E-state index < -0.39 is 5.97 Å². The molecule has 0 aliphatic heterocycles. The number of esters is 2. The van der Waals surface area contributed by atoms with Crippen molar-refractivity contribution in [2.24, 2.45) is 0 Å². The lowest BCUT2D eigenvalue weighted by molar-refractivity contribution is 0.0319. The Morgan fingerprint density at radius 3 is 1.69 bits per heavy atom. The minimum Gasteiger partial charge on any atom is -0.494 e. The number of carbonyl (C=O) groups excluding carboxylic acids is 2. The van der Waals surface area contributed by atoms with Crippen LogP contribution in [-0.4, -0.2) is 24.6 Å². The molecule has 0 spiro atoms. The highest BCUT2D eigenvalue weighted by atomic mass is 16.5. The summed E-state index contributed by atoms with van der Waals surface area (Å²) in [4.78, 5) is 25.0. The Hall–Kier alpha value is -4.04. The summed E-state index contributed by atoms with van der Waals surface area (Å²) in [7, 11) is 0. The molecule has 0 unspecified atom stereocenters. The second kappa shape index (κ2) is 18.4. The molecule has 3 aromatic carbocycles. The van der Waals surface area contributed by atoms with Gasteiger partial charge < -0.3 is 14.2 Å². The predicted octanol–water partition coefficient (Wildman–Crippen LogP) is 9.17. The van der Waals surface area contributed by atoms with E-state index in [1.165, 1.54) is 44.9 Å². The highest BCUT2D eigenvalue weighted by molar-refractivity contribution is 5.91. The predicted molar refractivity (Wildman–Crippen MR) is 168 cm³/mol. The summed E-state index contributed by atoms with van der Waals surface area (Å²) < 4.78 is 16.9. The zero-order valence-corrected chi connectivity index (χ0v) is 25.3. The molecule has 0 saturated heterocycles. The van der Waals surface area contributed by atoms with Gasteiger partial charge in [0.25, 0.3) is 0 Å². The fourth-order valence-electron chi connectivity index (χ4n) is 4.36. The molecule has 0 bridgehead atoms. The van der Waals surface area contributed by atoms with E-state index >= 15 is 0 Å². The van der Waals surface area contributed by atoms with Crippen molar-refractivity contribution in [3.05, 3.63) is 95.1 Å². The van der Waals surface area contributed by atoms with Crippen LogP contribution in [0.15, 0.2) is 72.8 Å². The van der Waals surface area contributed by atoms with Crippen molar-refractivity contribution in [2.75, 3.05) is 6.61 Å². The molecule has 0 saturated carbocycles. The third kappa shape index (κ3) is 11.8. The zero-order valence-electron chi connectivity index (χ0n) is 25.3. The number of benzene rings is 3. The van der Waals surface area contributed by atoms with Gasteiger partial charge in [0.1, 0.15) is 11.5 Å². The van der Waals surface area contributed by atoms with Crippen LogP contribution >= 0.6 is 0 Å². The molecule has 0 aromatic heterocycles. The Kier molecular flexibility index (Phi) is 14.2. The van der Waals surface area contributed by atoms with Crippen LogP contribution in [0.2, 0.25) is 0 Å². The molecule has 0 radical (unpaired) electrons. The van der Waals surface area contributed by atoms with Gasteiger partial charge in [-0.1, -0.05) is 70.6 Å². The average Bonchev–Trinajstić information content (AvgIpc) is 3.01. The quantitative estimate of drug-likeness (QED) is 0.0746. The highest BCUT2D eigenvalue weighted by Crippen LogP contribution is 2.20. The molecule has 0 heterocycles. The summed E-state index contributed by atoms with van der Waals surface area (Å²) in [6.07, 6.45) is 11.4. The van der Waals surface area contributed by atoms with Crippen molar-refractivity contribution in [1.29, 1.82) is 0 Å². The van der Waals surface area contributed by atoms with E-state index in [1.54, 1.807) is 48.5 Å². The third-order valence-corrected chi connectivity index (χ3v) is 6.92. The Morgan fingerprint density at radius 2 is 1.12 bits per heavy atom. The molecule has 0 aliphatic carbocycles. The van der Waals surface area contributed by atoms with Crippen molar-refractivity contribution >= 4 is 11.9 Å². The number of hydrogen-bond acceptors (Lipinski definition) is 5. The number of unbranched alkanes of at least 4 members (excludes halogenated alkanes) is 7. The molecule has 5 heteroatoms. The fraction of sp³-hybridized carbons (Fsp3) is 0.405. The van der Waals surface area contributed by atoms with Crippen molar-refractivity contribution in [3.8, 4) is 23.3 Å². The summed E-state index contributed by atoms with van der Waals surface area (Å²) in [6.45, 7) is 7.02. The Bertz CT molecular complexity index is 1280. The minimum absolute atomic E-state index is 0.0936. The van der Waals surface area contributed by atoms with E-state index in [1.807, 2.05) is 31.2 Å². The maximum Gasteiger partial charge on any atom is 0.343 e. The van der Waals surface area contributed by atoms with E-state index in [2.05, 4.69) is 25.7 Å². The van der Waals surface area contributed by atoms with Crippen molar-refractivity contribution in [1.82, 2.24) is 0 Å². The third-order valence-electron chi connectivity index (χ3n) is 6.92. The van der Waals surface area contributed by atoms with Gasteiger partial charge in [-0.15, -0.1) is 0 Å². The van der Waals surface area contributed by atoms with E-state index in [9.17, 15) is 9.59 Å². The summed E-state index contributed by atoms with van der Waals surface area (Å²) in [5.74, 6) is 6.69. The van der Waals surface area contributed by atoms with Gasteiger partial charge in [-0.3, -0.25) is 0 Å². The van der Waals surface area contributed by atoms with E-state index in [0.717, 1.165) is 36.1 Å². The van der Waals surface area contributed by atoms with Gasteiger partial charge >= 0.3 is 11.9 Å². The fourth-order valence-corrected chi connectivity index (χ4v) is 4.36. The van der Waals surface area contributed by atoms with Crippen LogP contribution in [0.3, 0.4) is 0 Å². The van der Waals surface area contributed by atoms with Crippen LogP contribution in [0.5, 0.6) is 11.5 Å². The topological polar surface area (TPSA) is 61.8 Å². The van der Waals surface area contributed by atoms with Gasteiger partial charge in [-0.05, 0) is 99.0 Å². The number of rotatable bonds is 16. The van der Waals surface area contributed by atoms with Crippen LogP contribution in [0.1, 0.15) is 117 Å². The minimum atomic E-state index is -0.433. The maximum absolute atomic E-state index is 12.6. The second-order valence-corrected chi connectivity index (χ2v) is 10.6. The standard InChI is InChI=1S/C37H44O5/c1-4-6-8-10-12-28-40-34-24-26-35(27-25-34)42-37(39)33-22-18-31(19-23-33)15-14-30-16-20-32(21-17-30)36(38)41-29(3)13-11-9-7-5-2/h16-27,29H,4-13,28H2,1-3H3/t29-/m1/s1. The lowest BCUT2D eigenvalue weighted by atomic mass is 10.1. The van der Waals surface area contributed by atoms with Gasteiger partial charge in [0, 0.05) is 11.1 Å². The van der Waals surface area contributed by atoms with Crippen LogP contribution in [-0.2, 0) is 4.74 Å². The molecule has 3 rings (SSSR count). The first-order chi connectivity index (χ1) is 20.5. The number of carbonyl (C=O) groups is 2. The lowest BCUT2D eigenvalue weighted by Crippen LogP contribution is -2.15. The number of hydrogen-bond donors (Lipinski definition) is 0. The van der Waals surface area contributed by atoms with Crippen molar-refractivity contribution in [3.63, 3.8) is 0 Å². The molecule has 42 heavy (non-hydrogen) atoms. The zero-order chi connectivity index (χ0) is 30.0. The van der Waals surface area contributed by atoms with Gasteiger partial charge in [0.15, 0.2) is 0 Å². The first-order valence-electron chi connectivity index (χ1n) is 15.4. The summed E-state index contributed by atoms with van der Waals surface area (Å²) in [6, 6.07) is 21.2. The van der Waals surface area contributed by atoms with Crippen molar-refractivity contribution in [2.45, 2.75) is 91.1 Å². The van der Waals surface area contributed by atoms with Crippen LogP contribution < -0.4 is 9.47 Å². The van der Waals surface area contributed by atoms with Gasteiger partial charge in [-0.2, -0.15) is 0 Å². The first kappa shape index (κ1) is 32.5. The molecule has 5 nitrogen and oxygen atoms in total. The van der Waals surface area contributed by atoms with Gasteiger partial charge in [-0.25, -0.2) is 9.59 Å². The molecule has 0 N–H and O–H groups in total.